The van der Waals surface area contributed by atoms with Crippen LogP contribution in [0.2, 0.25) is 0 Å². The van der Waals surface area contributed by atoms with Gasteiger partial charge in [-0.05, 0) is 61.7 Å². The lowest BCUT2D eigenvalue weighted by molar-refractivity contribution is -0.151. The number of hydrogen-bond donors (Lipinski definition) is 5. The van der Waals surface area contributed by atoms with E-state index in [9.17, 15) is 33.9 Å². The number of aliphatic carboxylic acids is 3. The van der Waals surface area contributed by atoms with Crippen molar-refractivity contribution in [3.8, 4) is 12.3 Å². The van der Waals surface area contributed by atoms with Gasteiger partial charge in [-0.25, -0.2) is 9.78 Å². The molecule has 1 heterocycles. The van der Waals surface area contributed by atoms with Crippen LogP contribution in [0.5, 0.6) is 0 Å². The average Bonchev–Trinajstić information content (AvgIpc) is 2.98. The molecule has 3 rings (SSSR count). The van der Waals surface area contributed by atoms with Crippen LogP contribution in [-0.4, -0.2) is 85.6 Å². The Bertz CT molecular complexity index is 1690. The number of carbonyl (C=O) groups excluding carboxylic acids is 2. The lowest BCUT2D eigenvalue weighted by Crippen LogP contribution is -2.52. The van der Waals surface area contributed by atoms with Crippen molar-refractivity contribution in [1.29, 1.82) is 0 Å². The largest absolute Gasteiger partial charge is 0.481 e. The van der Waals surface area contributed by atoms with Crippen molar-refractivity contribution in [3.63, 3.8) is 0 Å². The molecule has 0 spiro atoms. The van der Waals surface area contributed by atoms with Gasteiger partial charge in [-0.3, -0.25) is 24.0 Å². The van der Waals surface area contributed by atoms with Crippen LogP contribution in [-0.2, 0) is 25.7 Å². The average molecular weight is 620 g/mol. The smallest absolute Gasteiger partial charge is 0.326 e. The zero-order valence-corrected chi connectivity index (χ0v) is 24.6. The minimum atomic E-state index is -1.50. The number of terminal acetylenes is 1. The Kier molecular flexibility index (Phi) is 11.4. The number of anilines is 1. The van der Waals surface area contributed by atoms with E-state index in [4.69, 9.17) is 16.6 Å². The molecule has 0 aliphatic carbocycles. The fraction of sp³-hybridized carbons (Fsp3) is 0.323. The number of benzene rings is 2. The second kappa shape index (κ2) is 15.1. The fourth-order valence-electron chi connectivity index (χ4n) is 4.70. The van der Waals surface area contributed by atoms with E-state index in [-0.39, 0.29) is 30.5 Å². The second-order valence-electron chi connectivity index (χ2n) is 10.3. The molecule has 1 aromatic heterocycles. The summed E-state index contributed by atoms with van der Waals surface area (Å²) < 4.78 is 0. The summed E-state index contributed by atoms with van der Waals surface area (Å²) in [6.45, 7) is 2.24. The predicted molar refractivity (Wildman–Crippen MR) is 163 cm³/mol. The number of amides is 2. The van der Waals surface area contributed by atoms with Crippen LogP contribution in [0.1, 0.15) is 47.4 Å². The molecule has 0 radical (unpaired) electrons. The number of nitrogens with one attached hydrogen (secondary N) is 2. The molecular weight excluding hydrogens is 586 g/mol. The summed E-state index contributed by atoms with van der Waals surface area (Å²) in [7, 11) is 1.15. The molecule has 0 aliphatic rings. The maximum atomic E-state index is 13.2. The molecule has 236 valence electrons. The molecule has 2 aromatic carbocycles. The third-order valence-electron chi connectivity index (χ3n) is 7.02. The monoisotopic (exact) mass is 619 g/mol. The Morgan fingerprint density at radius 1 is 1.00 bits per heavy atom. The number of aromatic amines is 1. The third kappa shape index (κ3) is 9.14. The Labute approximate surface area is 257 Å². The fourth-order valence-corrected chi connectivity index (χ4v) is 4.70. The van der Waals surface area contributed by atoms with Crippen LogP contribution in [0.25, 0.3) is 10.9 Å². The van der Waals surface area contributed by atoms with Gasteiger partial charge in [0.25, 0.3) is 11.5 Å². The molecule has 2 atom stereocenters. The number of hydrogen-bond acceptors (Lipinski definition) is 8. The highest BCUT2D eigenvalue weighted by atomic mass is 16.4. The Morgan fingerprint density at radius 3 is 2.24 bits per heavy atom. The highest BCUT2D eigenvalue weighted by molar-refractivity contribution is 5.98. The molecule has 2 amide bonds. The van der Waals surface area contributed by atoms with Crippen LogP contribution in [0.15, 0.2) is 47.3 Å². The van der Waals surface area contributed by atoms with Gasteiger partial charge in [-0.15, -0.1) is 6.42 Å². The highest BCUT2D eigenvalue weighted by Gasteiger charge is 2.32. The van der Waals surface area contributed by atoms with Crippen molar-refractivity contribution in [2.45, 2.75) is 51.2 Å². The zero-order valence-electron chi connectivity index (χ0n) is 24.6. The van der Waals surface area contributed by atoms with Gasteiger partial charge >= 0.3 is 17.9 Å². The maximum absolute atomic E-state index is 13.2. The van der Waals surface area contributed by atoms with Crippen molar-refractivity contribution in [3.05, 3.63) is 69.8 Å². The first-order valence-electron chi connectivity index (χ1n) is 13.8. The Hall–Kier alpha value is -5.71. The normalized spacial score (nSPS) is 12.0. The second-order valence-corrected chi connectivity index (χ2v) is 10.3. The minimum Gasteiger partial charge on any atom is -0.481 e. The standard InChI is InChI=1S/C31H33N5O9/c1-4-15-36(17-19-5-10-23-22(16-19)29(42)33-18(2)32-23)21-8-6-20(7-9-21)28(41)34-24(11-13-26(37)38)30(43)35(3)25(31(44)45)12-14-27(39)40/h1,5-10,16,24-25H,11-15,17H2,2-3H3,(H,34,41)(H,37,38)(H,39,40)(H,44,45)(H,32,33,42)/t24-,25-/m0/s1. The van der Waals surface area contributed by atoms with Crippen molar-refractivity contribution >= 4 is 46.3 Å². The molecular formula is C31H33N5O9. The summed E-state index contributed by atoms with van der Waals surface area (Å²) >= 11 is 0. The number of likely N-dealkylation sites (N-methyl/N-ethyl adjacent to an activating group) is 1. The molecule has 0 saturated heterocycles. The first-order chi connectivity index (χ1) is 21.3. The van der Waals surface area contributed by atoms with E-state index in [0.29, 0.717) is 29.0 Å². The number of H-pyrrole nitrogens is 1. The Morgan fingerprint density at radius 2 is 1.64 bits per heavy atom. The number of fused-ring (bicyclic) bond motifs is 1. The molecule has 0 unspecified atom stereocenters. The first kappa shape index (κ1) is 33.8. The van der Waals surface area contributed by atoms with Crippen LogP contribution in [0.4, 0.5) is 5.69 Å². The molecule has 0 fully saturated rings. The SMILES string of the molecule is C#CCN(Cc1ccc2nc(C)[nH]c(=O)c2c1)c1ccc(C(=O)N[C@@H](CCC(=O)O)C(=O)N(C)[C@@H](CCC(=O)O)C(=O)O)cc1. The summed E-state index contributed by atoms with van der Waals surface area (Å²) in [6, 6.07) is 8.67. The quantitative estimate of drug-likeness (QED) is 0.154. The van der Waals surface area contributed by atoms with Gasteiger partial charge in [0, 0.05) is 37.7 Å². The van der Waals surface area contributed by atoms with Gasteiger partial charge in [0.1, 0.15) is 17.9 Å². The van der Waals surface area contributed by atoms with E-state index >= 15 is 0 Å². The zero-order chi connectivity index (χ0) is 33.3. The van der Waals surface area contributed by atoms with Crippen LogP contribution in [0, 0.1) is 19.3 Å². The maximum Gasteiger partial charge on any atom is 0.326 e. The molecule has 5 N–H and O–H groups in total. The van der Waals surface area contributed by atoms with Gasteiger partial charge in [-0.1, -0.05) is 12.0 Å². The van der Waals surface area contributed by atoms with E-state index in [2.05, 4.69) is 21.2 Å². The van der Waals surface area contributed by atoms with E-state index in [1.165, 1.54) is 12.1 Å². The first-order valence-corrected chi connectivity index (χ1v) is 13.8. The summed E-state index contributed by atoms with van der Waals surface area (Å²) in [5, 5.41) is 30.5. The van der Waals surface area contributed by atoms with Gasteiger partial charge in [0.2, 0.25) is 5.91 Å². The van der Waals surface area contributed by atoms with Crippen LogP contribution in [0.3, 0.4) is 0 Å². The van der Waals surface area contributed by atoms with Crippen LogP contribution >= 0.6 is 0 Å². The molecule has 14 heteroatoms. The van der Waals surface area contributed by atoms with Gasteiger partial charge < -0.3 is 35.4 Å². The number of carboxylic acid groups (broad SMARTS) is 3. The van der Waals surface area contributed by atoms with Crippen molar-refractivity contribution in [2.24, 2.45) is 0 Å². The number of carbonyl (C=O) groups is 5. The number of rotatable bonds is 15. The summed E-state index contributed by atoms with van der Waals surface area (Å²) in [5.74, 6) is -2.42. The highest BCUT2D eigenvalue weighted by Crippen LogP contribution is 2.20. The van der Waals surface area contributed by atoms with E-state index in [1.54, 1.807) is 31.2 Å². The summed E-state index contributed by atoms with van der Waals surface area (Å²) in [5.41, 5.74) is 1.88. The lowest BCUT2D eigenvalue weighted by Gasteiger charge is -2.29. The topological polar surface area (TPSA) is 210 Å². The van der Waals surface area contributed by atoms with Gasteiger partial charge in [-0.2, -0.15) is 0 Å². The molecule has 14 nitrogen and oxygen atoms in total. The van der Waals surface area contributed by atoms with E-state index in [1.807, 2.05) is 11.0 Å². The van der Waals surface area contributed by atoms with Crippen molar-refractivity contribution in [1.82, 2.24) is 20.2 Å². The number of aryl methyl sites for hydroxylation is 1. The van der Waals surface area contributed by atoms with Crippen LogP contribution < -0.4 is 15.8 Å². The number of carboxylic acids is 3. The summed E-state index contributed by atoms with van der Waals surface area (Å²) in [6.07, 6.45) is 3.88. The molecule has 0 bridgehead atoms. The lowest BCUT2D eigenvalue weighted by atomic mass is 10.1. The molecule has 0 aliphatic heterocycles. The molecule has 0 saturated carbocycles. The molecule has 45 heavy (non-hydrogen) atoms. The summed E-state index contributed by atoms with van der Waals surface area (Å²) in [4.78, 5) is 82.2. The van der Waals surface area contributed by atoms with E-state index in [0.717, 1.165) is 17.5 Å². The van der Waals surface area contributed by atoms with E-state index < -0.39 is 54.6 Å². The minimum absolute atomic E-state index is 0.134. The number of aromatic nitrogens is 2. The van der Waals surface area contributed by atoms with Gasteiger partial charge in [0.15, 0.2) is 0 Å². The van der Waals surface area contributed by atoms with Gasteiger partial charge in [0.05, 0.1) is 17.4 Å². The Balaban J connectivity index is 1.79. The molecule has 3 aromatic rings. The third-order valence-corrected chi connectivity index (χ3v) is 7.02. The van der Waals surface area contributed by atoms with Crippen molar-refractivity contribution in [2.75, 3.05) is 18.5 Å². The predicted octanol–water partition coefficient (Wildman–Crippen LogP) is 1.61. The van der Waals surface area contributed by atoms with Crippen molar-refractivity contribution < 1.29 is 39.3 Å². The number of nitrogens with zero attached hydrogens (tertiary/aromatic N) is 3.